The molecule has 1 N–H and O–H groups in total. The number of benzene rings is 3. The van der Waals surface area contributed by atoms with Crippen molar-refractivity contribution in [3.8, 4) is 11.8 Å². The van der Waals surface area contributed by atoms with Crippen LogP contribution in [0.2, 0.25) is 0 Å². The molecule has 1 saturated heterocycles. The topological polar surface area (TPSA) is 117 Å². The normalized spacial score (nSPS) is 17.7. The van der Waals surface area contributed by atoms with Crippen molar-refractivity contribution in [2.75, 3.05) is 6.61 Å². The van der Waals surface area contributed by atoms with E-state index in [1.807, 2.05) is 31.2 Å². The summed E-state index contributed by atoms with van der Waals surface area (Å²) in [5, 5.41) is 0. The highest BCUT2D eigenvalue weighted by molar-refractivity contribution is 5.90. The van der Waals surface area contributed by atoms with E-state index in [1.54, 1.807) is 60.7 Å². The van der Waals surface area contributed by atoms with Crippen LogP contribution in [-0.2, 0) is 14.2 Å². The number of aromatic amines is 1. The van der Waals surface area contributed by atoms with Crippen LogP contribution in [0.1, 0.15) is 50.1 Å². The second-order valence-electron chi connectivity index (χ2n) is 9.47. The van der Waals surface area contributed by atoms with Crippen LogP contribution < -0.4 is 11.2 Å². The Bertz CT molecular complexity index is 1730. The van der Waals surface area contributed by atoms with Crippen molar-refractivity contribution < 1.29 is 23.8 Å². The minimum Gasteiger partial charge on any atom is -0.459 e. The zero-order valence-corrected chi connectivity index (χ0v) is 22.1. The SMILES string of the molecule is Cc1cccc(C#Cc2cn([C@H]3C[C@H](OC(=O)c4ccccc4)[C@@H](COC(=O)c4ccccc4)O3)c(=O)[nH]c2=O)c1. The summed E-state index contributed by atoms with van der Waals surface area (Å²) >= 11 is 0. The number of H-pyrrole nitrogens is 1. The molecule has 0 amide bonds. The first-order chi connectivity index (χ1) is 19.9. The van der Waals surface area contributed by atoms with E-state index in [4.69, 9.17) is 14.2 Å². The minimum atomic E-state index is -0.923. The predicted octanol–water partition coefficient (Wildman–Crippen LogP) is 3.61. The van der Waals surface area contributed by atoms with Crippen molar-refractivity contribution in [2.24, 2.45) is 0 Å². The molecule has 3 aromatic carbocycles. The molecule has 0 unspecified atom stereocenters. The Kier molecular flexibility index (Phi) is 8.23. The first kappa shape index (κ1) is 27.4. The van der Waals surface area contributed by atoms with Crippen molar-refractivity contribution in [3.63, 3.8) is 0 Å². The lowest BCUT2D eigenvalue weighted by Crippen LogP contribution is -2.34. The van der Waals surface area contributed by atoms with Gasteiger partial charge in [-0.1, -0.05) is 60.4 Å². The van der Waals surface area contributed by atoms with Gasteiger partial charge < -0.3 is 14.2 Å². The zero-order valence-electron chi connectivity index (χ0n) is 22.1. The summed E-state index contributed by atoms with van der Waals surface area (Å²) in [6, 6.07) is 24.4. The fraction of sp³-hybridized carbons (Fsp3) is 0.188. The molecule has 0 aliphatic carbocycles. The number of nitrogens with one attached hydrogen (secondary N) is 1. The molecular weight excluding hydrogens is 524 g/mol. The quantitative estimate of drug-likeness (QED) is 0.288. The monoisotopic (exact) mass is 550 g/mol. The van der Waals surface area contributed by atoms with Crippen molar-refractivity contribution in [1.82, 2.24) is 9.55 Å². The summed E-state index contributed by atoms with van der Waals surface area (Å²) in [7, 11) is 0. The number of aryl methyl sites for hydroxylation is 1. The first-order valence-corrected chi connectivity index (χ1v) is 13.0. The first-order valence-electron chi connectivity index (χ1n) is 13.0. The van der Waals surface area contributed by atoms with Crippen LogP contribution in [0.25, 0.3) is 0 Å². The summed E-state index contributed by atoms with van der Waals surface area (Å²) < 4.78 is 18.5. The van der Waals surface area contributed by atoms with Gasteiger partial charge in [-0.25, -0.2) is 14.4 Å². The van der Waals surface area contributed by atoms with Gasteiger partial charge in [0.25, 0.3) is 5.56 Å². The molecule has 0 bridgehead atoms. The molecule has 1 aromatic heterocycles. The Morgan fingerprint density at radius 2 is 1.61 bits per heavy atom. The van der Waals surface area contributed by atoms with Gasteiger partial charge in [0.2, 0.25) is 0 Å². The molecule has 1 aliphatic heterocycles. The number of rotatable bonds is 6. The molecule has 1 aliphatic rings. The van der Waals surface area contributed by atoms with E-state index in [1.165, 1.54) is 10.8 Å². The second kappa shape index (κ2) is 12.3. The van der Waals surface area contributed by atoms with Gasteiger partial charge in [0.15, 0.2) is 0 Å². The number of carbonyl (C=O) groups excluding carboxylic acids is 2. The Hall–Kier alpha value is -5.20. The molecule has 0 saturated carbocycles. The smallest absolute Gasteiger partial charge is 0.338 e. The van der Waals surface area contributed by atoms with Crippen LogP contribution in [0, 0.1) is 18.8 Å². The molecule has 0 spiro atoms. The van der Waals surface area contributed by atoms with Crippen LogP contribution in [0.15, 0.2) is 101 Å². The maximum atomic E-state index is 12.8. The third-order valence-electron chi connectivity index (χ3n) is 6.47. The van der Waals surface area contributed by atoms with E-state index >= 15 is 0 Å². The van der Waals surface area contributed by atoms with Gasteiger partial charge in [-0.15, -0.1) is 0 Å². The average molecular weight is 551 g/mol. The number of esters is 2. The fourth-order valence-electron chi connectivity index (χ4n) is 4.39. The lowest BCUT2D eigenvalue weighted by Gasteiger charge is -2.19. The van der Waals surface area contributed by atoms with E-state index in [9.17, 15) is 19.2 Å². The summed E-state index contributed by atoms with van der Waals surface area (Å²) in [5.74, 6) is 4.60. The van der Waals surface area contributed by atoms with Gasteiger partial charge in [0, 0.05) is 18.2 Å². The van der Waals surface area contributed by atoms with E-state index in [2.05, 4.69) is 16.8 Å². The van der Waals surface area contributed by atoms with Gasteiger partial charge >= 0.3 is 17.6 Å². The minimum absolute atomic E-state index is 0.0616. The Labute approximate surface area is 235 Å². The average Bonchev–Trinajstić information content (AvgIpc) is 3.38. The van der Waals surface area contributed by atoms with Crippen molar-refractivity contribution >= 4 is 11.9 Å². The van der Waals surface area contributed by atoms with Crippen LogP contribution in [0.4, 0.5) is 0 Å². The molecule has 206 valence electrons. The van der Waals surface area contributed by atoms with Crippen molar-refractivity contribution in [3.05, 3.63) is 140 Å². The van der Waals surface area contributed by atoms with Crippen molar-refractivity contribution in [2.45, 2.75) is 31.8 Å². The van der Waals surface area contributed by atoms with Crippen LogP contribution >= 0.6 is 0 Å². The van der Waals surface area contributed by atoms with Crippen LogP contribution in [0.3, 0.4) is 0 Å². The Balaban J connectivity index is 1.39. The second-order valence-corrected chi connectivity index (χ2v) is 9.47. The number of hydrogen-bond donors (Lipinski definition) is 1. The number of nitrogens with zero attached hydrogens (tertiary/aromatic N) is 1. The maximum Gasteiger partial charge on any atom is 0.338 e. The Morgan fingerprint density at radius 1 is 0.927 bits per heavy atom. The summed E-state index contributed by atoms with van der Waals surface area (Å²) in [4.78, 5) is 53.0. The van der Waals surface area contributed by atoms with Crippen LogP contribution in [-0.4, -0.2) is 40.3 Å². The lowest BCUT2D eigenvalue weighted by atomic mass is 10.1. The molecule has 9 heteroatoms. The predicted molar refractivity (Wildman–Crippen MR) is 149 cm³/mol. The lowest BCUT2D eigenvalue weighted by molar-refractivity contribution is -0.0582. The molecule has 1 fully saturated rings. The number of ether oxygens (including phenoxy) is 3. The molecule has 5 rings (SSSR count). The van der Waals surface area contributed by atoms with Gasteiger partial charge in [-0.05, 0) is 48.9 Å². The molecule has 9 nitrogen and oxygen atoms in total. The third-order valence-corrected chi connectivity index (χ3v) is 6.47. The molecule has 2 heterocycles. The molecule has 41 heavy (non-hydrogen) atoms. The van der Waals surface area contributed by atoms with E-state index < -0.39 is 41.6 Å². The third kappa shape index (κ3) is 6.69. The summed E-state index contributed by atoms with van der Waals surface area (Å²) in [6.45, 7) is 1.71. The number of aromatic nitrogens is 2. The zero-order chi connectivity index (χ0) is 28.8. The molecule has 0 radical (unpaired) electrons. The molecular formula is C32H26N2O7. The van der Waals surface area contributed by atoms with Gasteiger partial charge in [0.1, 0.15) is 30.6 Å². The van der Waals surface area contributed by atoms with E-state index in [0.29, 0.717) is 16.7 Å². The van der Waals surface area contributed by atoms with Crippen molar-refractivity contribution in [1.29, 1.82) is 0 Å². The molecule has 3 atom stereocenters. The largest absolute Gasteiger partial charge is 0.459 e. The highest BCUT2D eigenvalue weighted by Gasteiger charge is 2.40. The van der Waals surface area contributed by atoms with Crippen LogP contribution in [0.5, 0.6) is 0 Å². The van der Waals surface area contributed by atoms with Gasteiger partial charge in [-0.3, -0.25) is 14.3 Å². The van der Waals surface area contributed by atoms with Gasteiger partial charge in [-0.2, -0.15) is 0 Å². The summed E-state index contributed by atoms with van der Waals surface area (Å²) in [6.07, 6.45) is -1.25. The fourth-order valence-corrected chi connectivity index (χ4v) is 4.39. The van der Waals surface area contributed by atoms with E-state index in [-0.39, 0.29) is 18.6 Å². The highest BCUT2D eigenvalue weighted by Crippen LogP contribution is 2.31. The highest BCUT2D eigenvalue weighted by atomic mass is 16.6. The Morgan fingerprint density at radius 3 is 2.29 bits per heavy atom. The standard InChI is InChI=1S/C32H26N2O7/c1-21-9-8-10-22(17-21)15-16-25-19-34(32(38)33-29(25)35)28-18-26(41-31(37)24-13-6-3-7-14-24)27(40-28)20-39-30(36)23-11-4-2-5-12-23/h2-14,17,19,26-28H,18,20H2,1H3,(H,33,35,38)/t26-,27+,28+/m0/s1. The van der Waals surface area contributed by atoms with Gasteiger partial charge in [0.05, 0.1) is 11.1 Å². The maximum absolute atomic E-state index is 12.8. The summed E-state index contributed by atoms with van der Waals surface area (Å²) in [5.41, 5.74) is 1.14. The molecule has 4 aromatic rings. The number of carbonyl (C=O) groups is 2. The van der Waals surface area contributed by atoms with E-state index in [0.717, 1.165) is 5.56 Å². The number of hydrogen-bond acceptors (Lipinski definition) is 7.